The fraction of sp³-hybridized carbons (Fsp3) is 0.667. The Morgan fingerprint density at radius 2 is 1.69 bits per heavy atom. The standard InChI is InChI=1S/C21H33N3O4S/c1-4-11-23-12-9-19(10-13-23)22-21(25)18-5-7-20(8-6-18)29(26,27)24-14-16(2)28-17(3)15-24/h5-8,16-17,19H,4,9-15H2,1-3H3,(H,22,25)/t16-,17-/m1/s1. The normalized spacial score (nSPS) is 25.1. The lowest BCUT2D eigenvalue weighted by molar-refractivity contribution is -0.0440. The average molecular weight is 424 g/mol. The van der Waals surface area contributed by atoms with E-state index in [0.717, 1.165) is 38.9 Å². The summed E-state index contributed by atoms with van der Waals surface area (Å²) in [4.78, 5) is 15.2. The van der Waals surface area contributed by atoms with Crippen molar-refractivity contribution in [3.63, 3.8) is 0 Å². The number of sulfonamides is 1. The van der Waals surface area contributed by atoms with Crippen molar-refractivity contribution >= 4 is 15.9 Å². The van der Waals surface area contributed by atoms with E-state index in [2.05, 4.69) is 17.1 Å². The van der Waals surface area contributed by atoms with Crippen molar-refractivity contribution in [1.82, 2.24) is 14.5 Å². The molecule has 1 aromatic rings. The minimum Gasteiger partial charge on any atom is -0.373 e. The van der Waals surface area contributed by atoms with Gasteiger partial charge in [0.15, 0.2) is 0 Å². The lowest BCUT2D eigenvalue weighted by atomic mass is 10.0. The highest BCUT2D eigenvalue weighted by Gasteiger charge is 2.32. The summed E-state index contributed by atoms with van der Waals surface area (Å²) < 4.78 is 32.9. The van der Waals surface area contributed by atoms with E-state index in [4.69, 9.17) is 4.74 Å². The summed E-state index contributed by atoms with van der Waals surface area (Å²) in [7, 11) is -3.59. The summed E-state index contributed by atoms with van der Waals surface area (Å²) in [6, 6.07) is 6.43. The molecule has 0 saturated carbocycles. The maximum absolute atomic E-state index is 12.9. The Bertz CT molecular complexity index is 779. The van der Waals surface area contributed by atoms with E-state index in [1.807, 2.05) is 13.8 Å². The number of ether oxygens (including phenoxy) is 1. The van der Waals surface area contributed by atoms with Crippen LogP contribution in [0.4, 0.5) is 0 Å². The number of hydrogen-bond acceptors (Lipinski definition) is 5. The second kappa shape index (κ2) is 9.55. The third-order valence-corrected chi connectivity index (χ3v) is 7.45. The number of piperidine rings is 1. The first-order valence-electron chi connectivity index (χ1n) is 10.6. The Balaban J connectivity index is 1.60. The highest BCUT2D eigenvalue weighted by molar-refractivity contribution is 7.89. The summed E-state index contributed by atoms with van der Waals surface area (Å²) in [5.41, 5.74) is 0.489. The van der Waals surface area contributed by atoms with Crippen molar-refractivity contribution < 1.29 is 17.9 Å². The second-order valence-corrected chi connectivity index (χ2v) is 10.1. The maximum atomic E-state index is 12.9. The number of benzene rings is 1. The fourth-order valence-electron chi connectivity index (χ4n) is 4.14. The van der Waals surface area contributed by atoms with Crippen LogP contribution in [0.3, 0.4) is 0 Å². The van der Waals surface area contributed by atoms with E-state index < -0.39 is 10.0 Å². The number of morpholine rings is 1. The minimum absolute atomic E-state index is 0.137. The molecule has 2 heterocycles. The lowest BCUT2D eigenvalue weighted by Crippen LogP contribution is -2.48. The molecule has 1 amide bonds. The Kier molecular flexibility index (Phi) is 7.32. The number of nitrogens with zero attached hydrogens (tertiary/aromatic N) is 2. The van der Waals surface area contributed by atoms with Crippen molar-refractivity contribution in [3.05, 3.63) is 29.8 Å². The van der Waals surface area contributed by atoms with Crippen molar-refractivity contribution in [2.75, 3.05) is 32.7 Å². The second-order valence-electron chi connectivity index (χ2n) is 8.19. The van der Waals surface area contributed by atoms with E-state index in [1.54, 1.807) is 12.1 Å². The topological polar surface area (TPSA) is 79.0 Å². The molecule has 0 spiro atoms. The lowest BCUT2D eigenvalue weighted by Gasteiger charge is -2.34. The molecule has 2 aliphatic rings. The van der Waals surface area contributed by atoms with Crippen molar-refractivity contribution in [2.45, 2.75) is 63.2 Å². The Morgan fingerprint density at radius 3 is 2.24 bits per heavy atom. The first kappa shape index (κ1) is 22.2. The SMILES string of the molecule is CCCN1CCC(NC(=O)c2ccc(S(=O)(=O)N3C[C@@H](C)O[C@H](C)C3)cc2)CC1. The van der Waals surface area contributed by atoms with Gasteiger partial charge in [-0.2, -0.15) is 4.31 Å². The number of carbonyl (C=O) groups excluding carboxylic acids is 1. The first-order chi connectivity index (χ1) is 13.8. The predicted octanol–water partition coefficient (Wildman–Crippen LogP) is 2.09. The molecule has 1 aromatic carbocycles. The molecular formula is C21H33N3O4S. The van der Waals surface area contributed by atoms with Crippen LogP contribution in [-0.2, 0) is 14.8 Å². The molecular weight excluding hydrogens is 390 g/mol. The monoisotopic (exact) mass is 423 g/mol. The molecule has 2 fully saturated rings. The predicted molar refractivity (Wildman–Crippen MR) is 112 cm³/mol. The first-order valence-corrected chi connectivity index (χ1v) is 12.0. The summed E-state index contributed by atoms with van der Waals surface area (Å²) in [6.45, 7) is 9.72. The molecule has 162 valence electrons. The zero-order valence-electron chi connectivity index (χ0n) is 17.6. The van der Waals surface area contributed by atoms with Crippen molar-refractivity contribution in [1.29, 1.82) is 0 Å². The van der Waals surface area contributed by atoms with Gasteiger partial charge in [0, 0.05) is 37.8 Å². The molecule has 0 aromatic heterocycles. The molecule has 1 N–H and O–H groups in total. The highest BCUT2D eigenvalue weighted by atomic mass is 32.2. The minimum atomic E-state index is -3.59. The molecule has 0 bridgehead atoms. The van der Waals surface area contributed by atoms with Gasteiger partial charge < -0.3 is 15.0 Å². The molecule has 8 heteroatoms. The third kappa shape index (κ3) is 5.57. The summed E-state index contributed by atoms with van der Waals surface area (Å²) in [5, 5.41) is 3.09. The van der Waals surface area contributed by atoms with Crippen LogP contribution in [0.1, 0.15) is 50.4 Å². The highest BCUT2D eigenvalue weighted by Crippen LogP contribution is 2.21. The van der Waals surface area contributed by atoms with Crippen LogP contribution in [-0.4, -0.2) is 74.5 Å². The zero-order valence-corrected chi connectivity index (χ0v) is 18.5. The van der Waals surface area contributed by atoms with Gasteiger partial charge in [0.25, 0.3) is 5.91 Å². The molecule has 2 saturated heterocycles. The molecule has 0 unspecified atom stereocenters. The van der Waals surface area contributed by atoms with Gasteiger partial charge in [-0.15, -0.1) is 0 Å². The summed E-state index contributed by atoms with van der Waals surface area (Å²) in [6.07, 6.45) is 2.77. The zero-order chi connectivity index (χ0) is 21.0. The van der Waals surface area contributed by atoms with Crippen LogP contribution in [0.15, 0.2) is 29.2 Å². The van der Waals surface area contributed by atoms with Crippen LogP contribution in [0.5, 0.6) is 0 Å². The van der Waals surface area contributed by atoms with Gasteiger partial charge in [0.2, 0.25) is 10.0 Å². The van der Waals surface area contributed by atoms with Gasteiger partial charge in [-0.05, 0) is 63.9 Å². The molecule has 3 rings (SSSR count). The van der Waals surface area contributed by atoms with Gasteiger partial charge >= 0.3 is 0 Å². The fourth-order valence-corrected chi connectivity index (χ4v) is 5.73. The Hall–Kier alpha value is -1.48. The van der Waals surface area contributed by atoms with Gasteiger partial charge in [-0.25, -0.2) is 8.42 Å². The van der Waals surface area contributed by atoms with Gasteiger partial charge in [-0.1, -0.05) is 6.92 Å². The van der Waals surface area contributed by atoms with E-state index in [-0.39, 0.29) is 29.1 Å². The van der Waals surface area contributed by atoms with Gasteiger partial charge in [0.1, 0.15) is 0 Å². The van der Waals surface area contributed by atoms with Gasteiger partial charge in [0.05, 0.1) is 17.1 Å². The van der Waals surface area contributed by atoms with Crippen LogP contribution in [0.25, 0.3) is 0 Å². The molecule has 2 aliphatic heterocycles. The van der Waals surface area contributed by atoms with Crippen LogP contribution in [0, 0.1) is 0 Å². The van der Waals surface area contributed by atoms with E-state index in [1.165, 1.54) is 16.4 Å². The largest absolute Gasteiger partial charge is 0.373 e. The number of carbonyl (C=O) groups is 1. The van der Waals surface area contributed by atoms with Gasteiger partial charge in [-0.3, -0.25) is 4.79 Å². The molecule has 29 heavy (non-hydrogen) atoms. The number of rotatable bonds is 6. The van der Waals surface area contributed by atoms with E-state index >= 15 is 0 Å². The van der Waals surface area contributed by atoms with Crippen LogP contribution < -0.4 is 5.32 Å². The van der Waals surface area contributed by atoms with E-state index in [0.29, 0.717) is 18.7 Å². The molecule has 0 radical (unpaired) electrons. The molecule has 2 atom stereocenters. The van der Waals surface area contributed by atoms with Crippen LogP contribution >= 0.6 is 0 Å². The number of hydrogen-bond donors (Lipinski definition) is 1. The molecule has 7 nitrogen and oxygen atoms in total. The Morgan fingerprint density at radius 1 is 1.10 bits per heavy atom. The number of amides is 1. The summed E-state index contributed by atoms with van der Waals surface area (Å²) in [5.74, 6) is -0.142. The van der Waals surface area contributed by atoms with E-state index in [9.17, 15) is 13.2 Å². The maximum Gasteiger partial charge on any atom is 0.251 e. The number of nitrogens with one attached hydrogen (secondary N) is 1. The van der Waals surface area contributed by atoms with Crippen molar-refractivity contribution in [2.24, 2.45) is 0 Å². The third-order valence-electron chi connectivity index (χ3n) is 5.60. The average Bonchev–Trinajstić information content (AvgIpc) is 2.69. The van der Waals surface area contributed by atoms with Crippen LogP contribution in [0.2, 0.25) is 0 Å². The summed E-state index contributed by atoms with van der Waals surface area (Å²) >= 11 is 0. The smallest absolute Gasteiger partial charge is 0.251 e. The number of likely N-dealkylation sites (tertiary alicyclic amines) is 1. The quantitative estimate of drug-likeness (QED) is 0.758. The van der Waals surface area contributed by atoms with Crippen molar-refractivity contribution in [3.8, 4) is 0 Å². The molecule has 0 aliphatic carbocycles. The Labute approximate surface area is 174 Å².